The third-order valence-corrected chi connectivity index (χ3v) is 6.32. The predicted octanol–water partition coefficient (Wildman–Crippen LogP) is 3.30. The van der Waals surface area contributed by atoms with E-state index in [2.05, 4.69) is 17.4 Å². The monoisotopic (exact) mass is 408 g/mol. The van der Waals surface area contributed by atoms with E-state index in [1.165, 1.54) is 5.56 Å². The molecular formula is C23H21ClN2O3. The molecule has 148 valence electrons. The summed E-state index contributed by atoms with van der Waals surface area (Å²) in [7, 11) is 0. The molecule has 0 radical (unpaired) electrons. The lowest BCUT2D eigenvalue weighted by Gasteiger charge is -2.23. The van der Waals surface area contributed by atoms with Crippen LogP contribution in [-0.4, -0.2) is 41.5 Å². The van der Waals surface area contributed by atoms with Crippen LogP contribution in [-0.2, 0) is 20.7 Å². The van der Waals surface area contributed by atoms with Crippen molar-refractivity contribution in [1.29, 1.82) is 0 Å². The molecule has 3 heterocycles. The van der Waals surface area contributed by atoms with Gasteiger partial charge < -0.3 is 15.0 Å². The van der Waals surface area contributed by atoms with Crippen molar-refractivity contribution in [1.82, 2.24) is 4.90 Å². The molecule has 2 fully saturated rings. The minimum Gasteiger partial charge on any atom is -0.360 e. The molecule has 1 N–H and O–H groups in total. The molecule has 1 spiro atoms. The van der Waals surface area contributed by atoms with Crippen molar-refractivity contribution >= 4 is 29.1 Å². The Morgan fingerprint density at radius 2 is 2.03 bits per heavy atom. The second-order valence-electron chi connectivity index (χ2n) is 7.89. The Morgan fingerprint density at radius 3 is 2.83 bits per heavy atom. The summed E-state index contributed by atoms with van der Waals surface area (Å²) in [6, 6.07) is 17.1. The third kappa shape index (κ3) is 3.15. The zero-order valence-electron chi connectivity index (χ0n) is 15.8. The number of amides is 2. The highest BCUT2D eigenvalue weighted by atomic mass is 35.5. The summed E-state index contributed by atoms with van der Waals surface area (Å²) in [5.41, 5.74) is 1.12. The van der Waals surface area contributed by atoms with Crippen LogP contribution in [0.4, 0.5) is 5.69 Å². The molecule has 0 saturated carbocycles. The van der Waals surface area contributed by atoms with Crippen molar-refractivity contribution < 1.29 is 14.3 Å². The third-order valence-electron chi connectivity index (χ3n) is 6.09. The molecule has 2 bridgehead atoms. The number of likely N-dealkylation sites (tertiary alicyclic amines) is 1. The summed E-state index contributed by atoms with van der Waals surface area (Å²) in [4.78, 5) is 28.1. The Bertz CT molecular complexity index is 993. The van der Waals surface area contributed by atoms with E-state index in [0.717, 1.165) is 6.42 Å². The quantitative estimate of drug-likeness (QED) is 0.772. The molecule has 2 aromatic carbocycles. The molecule has 6 heteroatoms. The van der Waals surface area contributed by atoms with Crippen molar-refractivity contribution in [3.8, 4) is 0 Å². The van der Waals surface area contributed by atoms with E-state index >= 15 is 0 Å². The van der Waals surface area contributed by atoms with E-state index in [4.69, 9.17) is 16.3 Å². The van der Waals surface area contributed by atoms with E-state index in [1.807, 2.05) is 35.3 Å². The number of ether oxygens (including phenoxy) is 1. The van der Waals surface area contributed by atoms with E-state index in [1.54, 1.807) is 24.3 Å². The van der Waals surface area contributed by atoms with Gasteiger partial charge in [0.05, 0.1) is 24.5 Å². The van der Waals surface area contributed by atoms with Crippen LogP contribution in [0.5, 0.6) is 0 Å². The average molecular weight is 409 g/mol. The van der Waals surface area contributed by atoms with Gasteiger partial charge >= 0.3 is 0 Å². The first-order chi connectivity index (χ1) is 14.1. The van der Waals surface area contributed by atoms with Crippen LogP contribution in [0.3, 0.4) is 0 Å². The zero-order chi connectivity index (χ0) is 20.0. The summed E-state index contributed by atoms with van der Waals surface area (Å²) in [5.74, 6) is -1.22. The number of carbonyl (C=O) groups excluding carboxylic acids is 2. The number of carbonyl (C=O) groups is 2. The first-order valence-electron chi connectivity index (χ1n) is 9.82. The molecule has 4 unspecified atom stereocenters. The molecule has 3 aliphatic heterocycles. The molecule has 2 aromatic rings. The molecule has 2 saturated heterocycles. The van der Waals surface area contributed by atoms with Gasteiger partial charge in [-0.2, -0.15) is 0 Å². The fourth-order valence-electron chi connectivity index (χ4n) is 4.77. The Labute approximate surface area is 174 Å². The summed E-state index contributed by atoms with van der Waals surface area (Å²) in [5, 5.41) is 3.45. The number of anilines is 1. The number of rotatable bonds is 5. The highest BCUT2D eigenvalue weighted by Crippen LogP contribution is 2.52. The normalized spacial score (nSPS) is 29.3. The lowest BCUT2D eigenvalue weighted by Crippen LogP contribution is -2.41. The van der Waals surface area contributed by atoms with Gasteiger partial charge in [-0.25, -0.2) is 0 Å². The van der Waals surface area contributed by atoms with E-state index in [9.17, 15) is 9.59 Å². The van der Waals surface area contributed by atoms with Crippen LogP contribution < -0.4 is 5.32 Å². The minimum atomic E-state index is -0.686. The summed E-state index contributed by atoms with van der Waals surface area (Å²) in [6.07, 6.45) is 4.32. The van der Waals surface area contributed by atoms with Gasteiger partial charge in [-0.3, -0.25) is 9.59 Å². The van der Waals surface area contributed by atoms with Gasteiger partial charge in [-0.05, 0) is 30.2 Å². The topological polar surface area (TPSA) is 58.6 Å². The minimum absolute atomic E-state index is 0.000903. The summed E-state index contributed by atoms with van der Waals surface area (Å²) < 4.78 is 6.17. The van der Waals surface area contributed by atoms with Crippen LogP contribution in [0.15, 0.2) is 66.7 Å². The maximum absolute atomic E-state index is 13.2. The Hall–Kier alpha value is -2.63. The Morgan fingerprint density at radius 1 is 1.21 bits per heavy atom. The van der Waals surface area contributed by atoms with Gasteiger partial charge in [0, 0.05) is 17.3 Å². The van der Waals surface area contributed by atoms with Crippen LogP contribution in [0, 0.1) is 11.8 Å². The second kappa shape index (κ2) is 7.01. The van der Waals surface area contributed by atoms with Crippen molar-refractivity contribution in [2.24, 2.45) is 11.8 Å². The van der Waals surface area contributed by atoms with E-state index in [-0.39, 0.29) is 17.9 Å². The number of halogens is 1. The van der Waals surface area contributed by atoms with Gasteiger partial charge in [0.15, 0.2) is 0 Å². The standard InChI is InChI=1S/C23H21ClN2O3/c24-16-7-4-8-17(13-16)25-21(27)19-18-9-11-23(29-18)14-26(22(28)20(19)23)12-10-15-5-2-1-3-6-15/h1-9,11,13,18-20H,10,12,14H2,(H,25,27). The highest BCUT2D eigenvalue weighted by molar-refractivity contribution is 6.30. The summed E-state index contributed by atoms with van der Waals surface area (Å²) in [6.45, 7) is 1.11. The lowest BCUT2D eigenvalue weighted by atomic mass is 9.77. The maximum Gasteiger partial charge on any atom is 0.231 e. The van der Waals surface area contributed by atoms with Gasteiger partial charge in [0.1, 0.15) is 5.60 Å². The van der Waals surface area contributed by atoms with Crippen LogP contribution >= 0.6 is 11.6 Å². The number of nitrogens with one attached hydrogen (secondary N) is 1. The van der Waals surface area contributed by atoms with Crippen molar-refractivity contribution in [3.63, 3.8) is 0 Å². The maximum atomic E-state index is 13.2. The molecule has 4 atom stereocenters. The Balaban J connectivity index is 1.33. The van der Waals surface area contributed by atoms with Crippen LogP contribution in [0.2, 0.25) is 5.02 Å². The number of benzene rings is 2. The molecule has 5 rings (SSSR count). The molecule has 0 aromatic heterocycles. The first-order valence-corrected chi connectivity index (χ1v) is 10.2. The largest absolute Gasteiger partial charge is 0.360 e. The fourth-order valence-corrected chi connectivity index (χ4v) is 4.96. The van der Waals surface area contributed by atoms with Gasteiger partial charge in [0.25, 0.3) is 0 Å². The smallest absolute Gasteiger partial charge is 0.231 e. The molecule has 29 heavy (non-hydrogen) atoms. The van der Waals surface area contributed by atoms with Gasteiger partial charge in [0.2, 0.25) is 11.8 Å². The number of nitrogens with zero attached hydrogens (tertiary/aromatic N) is 1. The zero-order valence-corrected chi connectivity index (χ0v) is 16.5. The SMILES string of the molecule is O=C(Nc1cccc(Cl)c1)C1C2C=CC3(CN(CCc4ccccc4)C(=O)C13)O2. The van der Waals surface area contributed by atoms with Gasteiger partial charge in [-0.15, -0.1) is 0 Å². The molecule has 2 amide bonds. The Kier molecular flexibility index (Phi) is 4.45. The molecular weight excluding hydrogens is 388 g/mol. The van der Waals surface area contributed by atoms with Crippen LogP contribution in [0.25, 0.3) is 0 Å². The first kappa shape index (κ1) is 18.4. The summed E-state index contributed by atoms with van der Waals surface area (Å²) >= 11 is 6.02. The van der Waals surface area contributed by atoms with Crippen LogP contribution in [0.1, 0.15) is 5.56 Å². The molecule has 0 aliphatic carbocycles. The van der Waals surface area contributed by atoms with Crippen molar-refractivity contribution in [2.75, 3.05) is 18.4 Å². The predicted molar refractivity (Wildman–Crippen MR) is 111 cm³/mol. The lowest BCUT2D eigenvalue weighted by molar-refractivity contribution is -0.135. The highest BCUT2D eigenvalue weighted by Gasteiger charge is 2.66. The van der Waals surface area contributed by atoms with Gasteiger partial charge in [-0.1, -0.05) is 60.2 Å². The van der Waals surface area contributed by atoms with Crippen molar-refractivity contribution in [3.05, 3.63) is 77.3 Å². The van der Waals surface area contributed by atoms with Crippen molar-refractivity contribution in [2.45, 2.75) is 18.1 Å². The average Bonchev–Trinajstić information content (AvgIpc) is 3.35. The second-order valence-corrected chi connectivity index (χ2v) is 8.33. The number of fused-ring (bicyclic) bond motifs is 1. The van der Waals surface area contributed by atoms with E-state index < -0.39 is 17.4 Å². The number of hydrogen-bond acceptors (Lipinski definition) is 3. The number of hydrogen-bond donors (Lipinski definition) is 1. The van der Waals surface area contributed by atoms with E-state index in [0.29, 0.717) is 23.8 Å². The fraction of sp³-hybridized carbons (Fsp3) is 0.304. The molecule has 5 nitrogen and oxygen atoms in total. The molecule has 3 aliphatic rings.